The summed E-state index contributed by atoms with van der Waals surface area (Å²) in [4.78, 5) is 11.2. The number of unbranched alkanes of at least 4 members (excludes halogenated alkanes) is 1. The molecule has 0 aromatic carbocycles. The van der Waals surface area contributed by atoms with Gasteiger partial charge in [-0.3, -0.25) is 0 Å². The van der Waals surface area contributed by atoms with Gasteiger partial charge in [-0.2, -0.15) is 0 Å². The Morgan fingerprint density at radius 2 is 2.11 bits per heavy atom. The number of carbonyl (C=O) groups excluding carboxylic acids is 1. The quantitative estimate of drug-likeness (QED) is 0.572. The Morgan fingerprint density at radius 1 is 1.32 bits per heavy atom. The summed E-state index contributed by atoms with van der Waals surface area (Å²) >= 11 is 0. The molecule has 106 valence electrons. The lowest BCUT2D eigenvalue weighted by Gasteiger charge is -2.08. The van der Waals surface area contributed by atoms with Gasteiger partial charge in [-0.25, -0.2) is 4.79 Å². The van der Waals surface area contributed by atoms with Crippen molar-refractivity contribution in [2.75, 3.05) is 25.6 Å². The molecule has 0 spiro atoms. The largest absolute Gasteiger partial charge is 0.464 e. The number of carbonyl (C=O) groups is 1. The number of rotatable bonds is 8. The average molecular weight is 267 g/mol. The first kappa shape index (κ1) is 15.4. The van der Waals surface area contributed by atoms with Crippen LogP contribution in [0.5, 0.6) is 0 Å². The van der Waals surface area contributed by atoms with Gasteiger partial charge in [-0.1, -0.05) is 0 Å². The second kappa shape index (κ2) is 8.42. The van der Waals surface area contributed by atoms with Crippen molar-refractivity contribution in [2.45, 2.75) is 32.8 Å². The van der Waals surface area contributed by atoms with Crippen molar-refractivity contribution in [3.8, 4) is 0 Å². The number of hydrogen-bond acceptors (Lipinski definition) is 6. The number of aromatic nitrogens is 2. The molecular weight excluding hydrogens is 246 g/mol. The maximum absolute atomic E-state index is 11.2. The minimum atomic E-state index is -0.482. The summed E-state index contributed by atoms with van der Waals surface area (Å²) in [6, 6.07) is 3.30. The highest BCUT2D eigenvalue weighted by atomic mass is 16.5. The second-order valence-electron chi connectivity index (χ2n) is 4.35. The summed E-state index contributed by atoms with van der Waals surface area (Å²) in [5, 5.41) is 10.8. The Morgan fingerprint density at radius 3 is 2.68 bits per heavy atom. The van der Waals surface area contributed by atoms with E-state index in [0.29, 0.717) is 5.82 Å². The zero-order chi connectivity index (χ0) is 14.1. The Balaban J connectivity index is 2.21. The third-order valence-corrected chi connectivity index (χ3v) is 2.39. The van der Waals surface area contributed by atoms with Crippen LogP contribution >= 0.6 is 0 Å². The lowest BCUT2D eigenvalue weighted by atomic mass is 10.3. The third kappa shape index (κ3) is 6.15. The molecule has 1 N–H and O–H groups in total. The van der Waals surface area contributed by atoms with Gasteiger partial charge in [0.15, 0.2) is 5.69 Å². The highest BCUT2D eigenvalue weighted by Gasteiger charge is 2.06. The van der Waals surface area contributed by atoms with Crippen molar-refractivity contribution in [3.63, 3.8) is 0 Å². The first-order valence-electron chi connectivity index (χ1n) is 6.41. The summed E-state index contributed by atoms with van der Waals surface area (Å²) in [6.07, 6.45) is 2.27. The van der Waals surface area contributed by atoms with Crippen molar-refractivity contribution >= 4 is 11.8 Å². The van der Waals surface area contributed by atoms with Gasteiger partial charge in [-0.15, -0.1) is 10.2 Å². The van der Waals surface area contributed by atoms with E-state index in [-0.39, 0.29) is 11.8 Å². The summed E-state index contributed by atoms with van der Waals surface area (Å²) in [7, 11) is 1.31. The molecule has 0 radical (unpaired) electrons. The Kier molecular flexibility index (Phi) is 6.81. The van der Waals surface area contributed by atoms with Gasteiger partial charge in [0.2, 0.25) is 0 Å². The van der Waals surface area contributed by atoms with Crippen LogP contribution in [0.25, 0.3) is 0 Å². The minimum Gasteiger partial charge on any atom is -0.464 e. The maximum atomic E-state index is 11.2. The van der Waals surface area contributed by atoms with E-state index in [2.05, 4.69) is 20.3 Å². The van der Waals surface area contributed by atoms with E-state index in [4.69, 9.17) is 4.74 Å². The Hall–Kier alpha value is -1.69. The van der Waals surface area contributed by atoms with Crippen LogP contribution in [-0.2, 0) is 9.47 Å². The predicted molar refractivity (Wildman–Crippen MR) is 72.2 cm³/mol. The van der Waals surface area contributed by atoms with Gasteiger partial charge in [-0.05, 0) is 38.8 Å². The van der Waals surface area contributed by atoms with Gasteiger partial charge in [0.1, 0.15) is 5.82 Å². The molecule has 0 saturated carbocycles. The normalized spacial score (nSPS) is 10.5. The molecule has 0 unspecified atom stereocenters. The highest BCUT2D eigenvalue weighted by Crippen LogP contribution is 2.03. The van der Waals surface area contributed by atoms with Crippen LogP contribution in [0.3, 0.4) is 0 Å². The lowest BCUT2D eigenvalue weighted by Crippen LogP contribution is -2.10. The van der Waals surface area contributed by atoms with Gasteiger partial charge in [0, 0.05) is 13.2 Å². The van der Waals surface area contributed by atoms with Crippen LogP contribution < -0.4 is 5.32 Å². The summed E-state index contributed by atoms with van der Waals surface area (Å²) < 4.78 is 9.99. The molecule has 0 aliphatic carbocycles. The molecule has 6 heteroatoms. The summed E-state index contributed by atoms with van der Waals surface area (Å²) in [5.74, 6) is 0.169. The number of hydrogen-bond donors (Lipinski definition) is 1. The first-order valence-corrected chi connectivity index (χ1v) is 6.41. The monoisotopic (exact) mass is 267 g/mol. The van der Waals surface area contributed by atoms with E-state index in [1.54, 1.807) is 12.1 Å². The van der Waals surface area contributed by atoms with Crippen molar-refractivity contribution in [3.05, 3.63) is 17.8 Å². The van der Waals surface area contributed by atoms with Crippen LogP contribution in [0.2, 0.25) is 0 Å². The topological polar surface area (TPSA) is 73.3 Å². The number of anilines is 1. The number of esters is 1. The molecule has 1 heterocycles. The minimum absolute atomic E-state index is 0.207. The van der Waals surface area contributed by atoms with Crippen molar-refractivity contribution in [1.82, 2.24) is 10.2 Å². The van der Waals surface area contributed by atoms with E-state index in [1.807, 2.05) is 13.8 Å². The second-order valence-corrected chi connectivity index (χ2v) is 4.35. The highest BCUT2D eigenvalue weighted by molar-refractivity contribution is 5.86. The molecule has 0 aliphatic heterocycles. The number of ether oxygens (including phenoxy) is 2. The first-order chi connectivity index (χ1) is 9.13. The number of nitrogens with zero attached hydrogens (tertiary/aromatic N) is 2. The fourth-order valence-corrected chi connectivity index (χ4v) is 1.40. The molecular formula is C13H21N3O3. The molecule has 1 aromatic heterocycles. The molecule has 0 saturated heterocycles. The summed E-state index contributed by atoms with van der Waals surface area (Å²) in [5.41, 5.74) is 0.207. The van der Waals surface area contributed by atoms with Crippen LogP contribution in [0.15, 0.2) is 12.1 Å². The molecule has 0 aliphatic rings. The van der Waals surface area contributed by atoms with Crippen LogP contribution in [0.1, 0.15) is 37.2 Å². The molecule has 6 nitrogen and oxygen atoms in total. The lowest BCUT2D eigenvalue weighted by molar-refractivity contribution is 0.0592. The van der Waals surface area contributed by atoms with Crippen LogP contribution in [0, 0.1) is 0 Å². The molecule has 0 bridgehead atoms. The van der Waals surface area contributed by atoms with Gasteiger partial charge in [0.25, 0.3) is 0 Å². The molecule has 0 fully saturated rings. The Labute approximate surface area is 113 Å². The standard InChI is InChI=1S/C13H21N3O3/c1-10(2)19-9-5-4-8-14-12-7-6-11(15-16-12)13(17)18-3/h6-7,10H,4-5,8-9H2,1-3H3,(H,14,16). The van der Waals surface area contributed by atoms with Gasteiger partial charge >= 0.3 is 5.97 Å². The zero-order valence-electron chi connectivity index (χ0n) is 11.7. The van der Waals surface area contributed by atoms with E-state index >= 15 is 0 Å². The molecule has 0 amide bonds. The van der Waals surface area contributed by atoms with E-state index < -0.39 is 5.97 Å². The van der Waals surface area contributed by atoms with Crippen LogP contribution in [-0.4, -0.2) is 42.5 Å². The predicted octanol–water partition coefficient (Wildman–Crippen LogP) is 1.88. The molecule has 1 aromatic rings. The van der Waals surface area contributed by atoms with E-state index in [0.717, 1.165) is 26.0 Å². The molecule has 0 atom stereocenters. The SMILES string of the molecule is COC(=O)c1ccc(NCCCCOC(C)C)nn1. The van der Waals surface area contributed by atoms with Crippen molar-refractivity contribution in [2.24, 2.45) is 0 Å². The smallest absolute Gasteiger partial charge is 0.358 e. The zero-order valence-corrected chi connectivity index (χ0v) is 11.7. The molecule has 19 heavy (non-hydrogen) atoms. The molecule has 1 rings (SSSR count). The number of nitrogens with one attached hydrogen (secondary N) is 1. The fraction of sp³-hybridized carbons (Fsp3) is 0.615. The van der Waals surface area contributed by atoms with E-state index in [1.165, 1.54) is 7.11 Å². The third-order valence-electron chi connectivity index (χ3n) is 2.39. The van der Waals surface area contributed by atoms with Gasteiger partial charge < -0.3 is 14.8 Å². The fourth-order valence-electron chi connectivity index (χ4n) is 1.40. The van der Waals surface area contributed by atoms with Crippen molar-refractivity contribution in [1.29, 1.82) is 0 Å². The number of methoxy groups -OCH3 is 1. The Bertz CT molecular complexity index is 379. The van der Waals surface area contributed by atoms with E-state index in [9.17, 15) is 4.79 Å². The average Bonchev–Trinajstić information content (AvgIpc) is 2.42. The van der Waals surface area contributed by atoms with Crippen LogP contribution in [0.4, 0.5) is 5.82 Å². The maximum Gasteiger partial charge on any atom is 0.358 e. The van der Waals surface area contributed by atoms with Crippen molar-refractivity contribution < 1.29 is 14.3 Å². The van der Waals surface area contributed by atoms with Gasteiger partial charge in [0.05, 0.1) is 13.2 Å². The summed E-state index contributed by atoms with van der Waals surface area (Å²) in [6.45, 7) is 5.62.